The van der Waals surface area contributed by atoms with Crippen LogP contribution in [0.1, 0.15) is 6.42 Å². The summed E-state index contributed by atoms with van der Waals surface area (Å²) in [5, 5.41) is 11.6. The van der Waals surface area contributed by atoms with E-state index in [1.54, 1.807) is 0 Å². The molecule has 1 atom stereocenters. The molecule has 1 aliphatic rings. The molecule has 0 aliphatic carbocycles. The number of hydrogen-bond acceptors (Lipinski definition) is 6. The lowest BCUT2D eigenvalue weighted by Crippen LogP contribution is -2.57. The number of ether oxygens (including phenoxy) is 1. The van der Waals surface area contributed by atoms with Crippen LogP contribution < -0.4 is 5.32 Å². The van der Waals surface area contributed by atoms with Gasteiger partial charge < -0.3 is 15.2 Å². The minimum absolute atomic E-state index is 0.0487. The van der Waals surface area contributed by atoms with Gasteiger partial charge >= 0.3 is 5.97 Å². The molecule has 2 N–H and O–H groups in total. The lowest BCUT2D eigenvalue weighted by atomic mass is 9.99. The summed E-state index contributed by atoms with van der Waals surface area (Å²) in [7, 11) is -2.64. The molecule has 1 aliphatic heterocycles. The number of sulfonamides is 1. The maximum atomic E-state index is 12.3. The number of carboxylic acid groups (broad SMARTS) is 1. The van der Waals surface area contributed by atoms with Gasteiger partial charge in [-0.2, -0.15) is 4.31 Å². The van der Waals surface area contributed by atoms with Crippen molar-refractivity contribution in [2.75, 3.05) is 26.8 Å². The zero-order valence-corrected chi connectivity index (χ0v) is 13.2. The SMILES string of the molecule is CN(CC(=O)NC1(C(=O)O)CCOC1)S(=O)(=O)c1cccnc1. The topological polar surface area (TPSA) is 126 Å². The monoisotopic (exact) mass is 343 g/mol. The van der Waals surface area contributed by atoms with Crippen molar-refractivity contribution in [2.45, 2.75) is 16.9 Å². The number of pyridine rings is 1. The van der Waals surface area contributed by atoms with E-state index in [0.29, 0.717) is 0 Å². The van der Waals surface area contributed by atoms with Crippen molar-refractivity contribution < 1.29 is 27.9 Å². The summed E-state index contributed by atoms with van der Waals surface area (Å²) in [4.78, 5) is 27.1. The minimum Gasteiger partial charge on any atom is -0.479 e. The first-order chi connectivity index (χ1) is 10.8. The van der Waals surface area contributed by atoms with Gasteiger partial charge in [-0.05, 0) is 12.1 Å². The number of hydrogen-bond donors (Lipinski definition) is 2. The first-order valence-electron chi connectivity index (χ1n) is 6.76. The molecule has 0 bridgehead atoms. The second-order valence-corrected chi connectivity index (χ2v) is 7.23. The van der Waals surface area contributed by atoms with E-state index in [4.69, 9.17) is 4.74 Å². The van der Waals surface area contributed by atoms with Crippen molar-refractivity contribution in [1.82, 2.24) is 14.6 Å². The van der Waals surface area contributed by atoms with Gasteiger partial charge in [0.2, 0.25) is 15.9 Å². The van der Waals surface area contributed by atoms with Crippen molar-refractivity contribution in [3.05, 3.63) is 24.5 Å². The molecule has 10 heteroatoms. The first-order valence-corrected chi connectivity index (χ1v) is 8.20. The van der Waals surface area contributed by atoms with Gasteiger partial charge in [0.15, 0.2) is 5.54 Å². The Morgan fingerprint density at radius 1 is 1.52 bits per heavy atom. The molecule has 1 saturated heterocycles. The van der Waals surface area contributed by atoms with Gasteiger partial charge in [0, 0.05) is 32.5 Å². The van der Waals surface area contributed by atoms with E-state index in [1.165, 1.54) is 31.6 Å². The van der Waals surface area contributed by atoms with E-state index in [2.05, 4.69) is 10.3 Å². The fourth-order valence-corrected chi connectivity index (χ4v) is 3.25. The highest BCUT2D eigenvalue weighted by Gasteiger charge is 2.44. The predicted molar refractivity (Wildman–Crippen MR) is 78.0 cm³/mol. The van der Waals surface area contributed by atoms with Crippen LogP contribution in [-0.2, 0) is 24.3 Å². The van der Waals surface area contributed by atoms with Crippen LogP contribution in [0, 0.1) is 0 Å². The summed E-state index contributed by atoms with van der Waals surface area (Å²) >= 11 is 0. The number of rotatable bonds is 6. The van der Waals surface area contributed by atoms with Crippen molar-refractivity contribution in [3.8, 4) is 0 Å². The molecule has 0 radical (unpaired) electrons. The van der Waals surface area contributed by atoms with Gasteiger partial charge in [0.05, 0.1) is 13.2 Å². The van der Waals surface area contributed by atoms with Gasteiger partial charge in [-0.15, -0.1) is 0 Å². The Morgan fingerprint density at radius 2 is 2.26 bits per heavy atom. The molecule has 9 nitrogen and oxygen atoms in total. The Balaban J connectivity index is 2.06. The van der Waals surface area contributed by atoms with E-state index in [-0.39, 0.29) is 24.5 Å². The summed E-state index contributed by atoms with van der Waals surface area (Å²) in [6.07, 6.45) is 2.74. The molecule has 1 unspecified atom stereocenters. The molecule has 1 aromatic heterocycles. The maximum absolute atomic E-state index is 12.3. The first kappa shape index (κ1) is 17.3. The van der Waals surface area contributed by atoms with Crippen LogP contribution in [-0.4, -0.2) is 67.0 Å². The Morgan fingerprint density at radius 3 is 2.78 bits per heavy atom. The van der Waals surface area contributed by atoms with Gasteiger partial charge in [0.25, 0.3) is 0 Å². The lowest BCUT2D eigenvalue weighted by Gasteiger charge is -2.25. The average molecular weight is 343 g/mol. The molecule has 0 aromatic carbocycles. The van der Waals surface area contributed by atoms with Crippen LogP contribution in [0.25, 0.3) is 0 Å². The normalized spacial score (nSPS) is 21.3. The molecule has 23 heavy (non-hydrogen) atoms. The van der Waals surface area contributed by atoms with Crippen molar-refractivity contribution in [1.29, 1.82) is 0 Å². The second kappa shape index (κ2) is 6.60. The number of aromatic nitrogens is 1. The largest absolute Gasteiger partial charge is 0.479 e. The van der Waals surface area contributed by atoms with E-state index < -0.39 is 34.0 Å². The van der Waals surface area contributed by atoms with Crippen molar-refractivity contribution >= 4 is 21.9 Å². The molecule has 1 fully saturated rings. The quantitative estimate of drug-likeness (QED) is 0.683. The standard InChI is InChI=1S/C13H17N3O6S/c1-16(23(20,21)10-3-2-5-14-7-10)8-11(17)15-13(12(18)19)4-6-22-9-13/h2-3,5,7H,4,6,8-9H2,1H3,(H,15,17)(H,18,19). The summed E-state index contributed by atoms with van der Waals surface area (Å²) in [6.45, 7) is -0.435. The van der Waals surface area contributed by atoms with E-state index in [0.717, 1.165) is 4.31 Å². The minimum atomic E-state index is -3.88. The van der Waals surface area contributed by atoms with Gasteiger partial charge in [-0.25, -0.2) is 13.2 Å². The van der Waals surface area contributed by atoms with Gasteiger partial charge in [-0.1, -0.05) is 0 Å². The molecule has 2 heterocycles. The summed E-state index contributed by atoms with van der Waals surface area (Å²) in [5.41, 5.74) is -1.50. The summed E-state index contributed by atoms with van der Waals surface area (Å²) in [6, 6.07) is 2.83. The average Bonchev–Trinajstić information content (AvgIpc) is 2.97. The number of amides is 1. The Hall–Kier alpha value is -2.04. The third kappa shape index (κ3) is 3.66. The predicted octanol–water partition coefficient (Wildman–Crippen LogP) is -0.938. The number of likely N-dealkylation sites (N-methyl/N-ethyl adjacent to an activating group) is 1. The van der Waals surface area contributed by atoms with E-state index in [9.17, 15) is 23.1 Å². The van der Waals surface area contributed by atoms with Crippen molar-refractivity contribution in [3.63, 3.8) is 0 Å². The zero-order chi connectivity index (χ0) is 17.1. The summed E-state index contributed by atoms with van der Waals surface area (Å²) < 4.78 is 30.4. The smallest absolute Gasteiger partial charge is 0.331 e. The highest BCUT2D eigenvalue weighted by Crippen LogP contribution is 2.19. The van der Waals surface area contributed by atoms with Gasteiger partial charge in [0.1, 0.15) is 4.90 Å². The number of nitrogens with one attached hydrogen (secondary N) is 1. The molecule has 0 saturated carbocycles. The Bertz CT molecular complexity index is 685. The third-order valence-electron chi connectivity index (χ3n) is 3.52. The molecule has 2 rings (SSSR count). The van der Waals surface area contributed by atoms with Crippen LogP contribution in [0.15, 0.2) is 29.4 Å². The number of carbonyl (C=O) groups excluding carboxylic acids is 1. The van der Waals surface area contributed by atoms with Crippen LogP contribution in [0.2, 0.25) is 0 Å². The number of carboxylic acids is 1. The lowest BCUT2D eigenvalue weighted by molar-refractivity contribution is -0.147. The Kier molecular flexibility index (Phi) is 4.97. The van der Waals surface area contributed by atoms with Crippen LogP contribution >= 0.6 is 0 Å². The molecule has 1 amide bonds. The molecular formula is C13H17N3O6S. The van der Waals surface area contributed by atoms with Crippen LogP contribution in [0.5, 0.6) is 0 Å². The number of carbonyl (C=O) groups is 2. The second-order valence-electron chi connectivity index (χ2n) is 5.19. The fraction of sp³-hybridized carbons (Fsp3) is 0.462. The molecule has 1 aromatic rings. The van der Waals surface area contributed by atoms with Crippen LogP contribution in [0.4, 0.5) is 0 Å². The van der Waals surface area contributed by atoms with Crippen molar-refractivity contribution in [2.24, 2.45) is 0 Å². The molecule has 0 spiro atoms. The molecular weight excluding hydrogens is 326 g/mol. The highest BCUT2D eigenvalue weighted by atomic mass is 32.2. The summed E-state index contributed by atoms with van der Waals surface area (Å²) in [5.74, 6) is -1.92. The van der Waals surface area contributed by atoms with E-state index >= 15 is 0 Å². The number of aliphatic carboxylic acids is 1. The third-order valence-corrected chi connectivity index (χ3v) is 5.31. The zero-order valence-electron chi connectivity index (χ0n) is 12.4. The highest BCUT2D eigenvalue weighted by molar-refractivity contribution is 7.89. The molecule has 126 valence electrons. The fourth-order valence-electron chi connectivity index (χ4n) is 2.16. The van der Waals surface area contributed by atoms with E-state index in [1.807, 2.05) is 0 Å². The van der Waals surface area contributed by atoms with Crippen LogP contribution in [0.3, 0.4) is 0 Å². The Labute approximate surface area is 133 Å². The number of nitrogens with zero attached hydrogens (tertiary/aromatic N) is 2. The van der Waals surface area contributed by atoms with Gasteiger partial charge in [-0.3, -0.25) is 9.78 Å². The maximum Gasteiger partial charge on any atom is 0.331 e.